The zero-order valence-corrected chi connectivity index (χ0v) is 14.6. The molecule has 26 heavy (non-hydrogen) atoms. The van der Waals surface area contributed by atoms with E-state index < -0.39 is 38.5 Å². The summed E-state index contributed by atoms with van der Waals surface area (Å²) in [6.07, 6.45) is -0.264. The minimum Gasteiger partial charge on any atom is -0.548 e. The molecule has 0 saturated heterocycles. The van der Waals surface area contributed by atoms with Crippen LogP contribution in [0, 0.1) is 0 Å². The van der Waals surface area contributed by atoms with Crippen molar-refractivity contribution in [2.45, 2.75) is 17.4 Å². The number of hydrogen-bond donors (Lipinski definition) is 2. The molecule has 2 aromatic carbocycles. The van der Waals surface area contributed by atoms with E-state index in [9.17, 15) is 33.3 Å². The van der Waals surface area contributed by atoms with Crippen molar-refractivity contribution in [1.82, 2.24) is 4.72 Å². The Kier molecular flexibility index (Phi) is 5.86. The minimum atomic E-state index is -4.46. The molecule has 2 rings (SSSR count). The van der Waals surface area contributed by atoms with Gasteiger partial charge in [-0.1, -0.05) is 29.8 Å². The number of phenols is 1. The number of aromatic carboxylic acids is 1. The van der Waals surface area contributed by atoms with Gasteiger partial charge in [0.15, 0.2) is 0 Å². The summed E-state index contributed by atoms with van der Waals surface area (Å²) in [4.78, 5) is 21.6. The summed E-state index contributed by atoms with van der Waals surface area (Å²) < 4.78 is 26.8. The molecule has 0 aliphatic carbocycles. The van der Waals surface area contributed by atoms with Gasteiger partial charge in [0.2, 0.25) is 10.0 Å². The average Bonchev–Trinajstić information content (AvgIpc) is 2.56. The Morgan fingerprint density at radius 1 is 1.12 bits per heavy atom. The van der Waals surface area contributed by atoms with Crippen LogP contribution in [0.3, 0.4) is 0 Å². The summed E-state index contributed by atoms with van der Waals surface area (Å²) in [5.74, 6) is -3.34. The highest BCUT2D eigenvalue weighted by molar-refractivity contribution is 7.89. The number of rotatable bonds is 7. The quantitative estimate of drug-likeness (QED) is 0.612. The predicted octanol–water partition coefficient (Wildman–Crippen LogP) is -0.951. The number of aromatic hydroxyl groups is 1. The molecule has 10 heteroatoms. The lowest BCUT2D eigenvalue weighted by atomic mass is 10.1. The first kappa shape index (κ1) is 19.7. The van der Waals surface area contributed by atoms with Crippen molar-refractivity contribution in [2.24, 2.45) is 0 Å². The predicted molar refractivity (Wildman–Crippen MR) is 86.7 cm³/mol. The third-order valence-electron chi connectivity index (χ3n) is 3.41. The zero-order valence-electron chi connectivity index (χ0n) is 13.0. The van der Waals surface area contributed by atoms with Crippen LogP contribution in [0.1, 0.15) is 15.9 Å². The molecule has 2 aromatic rings. The molecule has 0 bridgehead atoms. The van der Waals surface area contributed by atoms with E-state index in [4.69, 9.17) is 11.6 Å². The van der Waals surface area contributed by atoms with E-state index in [0.717, 1.165) is 18.2 Å². The van der Waals surface area contributed by atoms with Crippen LogP contribution in [-0.4, -0.2) is 31.5 Å². The maximum atomic E-state index is 12.4. The molecule has 0 aromatic heterocycles. The number of carbonyl (C=O) groups is 2. The van der Waals surface area contributed by atoms with Crippen LogP contribution in [0.25, 0.3) is 0 Å². The highest BCUT2D eigenvalue weighted by Crippen LogP contribution is 2.23. The molecular formula is C16H12ClNO7S-2. The summed E-state index contributed by atoms with van der Waals surface area (Å²) in [6.45, 7) is 0. The summed E-state index contributed by atoms with van der Waals surface area (Å²) >= 11 is 5.80. The molecule has 0 spiro atoms. The van der Waals surface area contributed by atoms with Gasteiger partial charge in [0.25, 0.3) is 0 Å². The second kappa shape index (κ2) is 7.73. The van der Waals surface area contributed by atoms with E-state index in [1.807, 2.05) is 4.72 Å². The normalized spacial score (nSPS) is 12.5. The fraction of sp³-hybridized carbons (Fsp3) is 0.125. The minimum absolute atomic E-state index is 0.0368. The lowest BCUT2D eigenvalue weighted by Gasteiger charge is -2.20. The van der Waals surface area contributed by atoms with Crippen LogP contribution in [0.2, 0.25) is 5.02 Å². The maximum Gasteiger partial charge on any atom is 0.242 e. The molecule has 1 atom stereocenters. The summed E-state index contributed by atoms with van der Waals surface area (Å²) in [6, 6.07) is 6.71. The Labute approximate surface area is 153 Å². The van der Waals surface area contributed by atoms with Crippen LogP contribution in [0.4, 0.5) is 0 Å². The highest BCUT2D eigenvalue weighted by Gasteiger charge is 2.24. The van der Waals surface area contributed by atoms with Gasteiger partial charge >= 0.3 is 0 Å². The molecule has 0 amide bonds. The van der Waals surface area contributed by atoms with Crippen molar-refractivity contribution < 1.29 is 33.3 Å². The Morgan fingerprint density at radius 3 is 2.27 bits per heavy atom. The molecule has 0 aliphatic rings. The highest BCUT2D eigenvalue weighted by atomic mass is 35.5. The molecular weight excluding hydrogens is 386 g/mol. The number of hydrogen-bond acceptors (Lipinski definition) is 7. The number of benzene rings is 2. The van der Waals surface area contributed by atoms with Crippen LogP contribution >= 0.6 is 11.6 Å². The molecule has 0 heterocycles. The number of aliphatic carboxylic acids is 1. The van der Waals surface area contributed by atoms with Crippen molar-refractivity contribution in [3.8, 4) is 5.75 Å². The second-order valence-corrected chi connectivity index (χ2v) is 7.39. The summed E-state index contributed by atoms with van der Waals surface area (Å²) in [7, 11) is -4.46. The van der Waals surface area contributed by atoms with Crippen molar-refractivity contribution in [3.63, 3.8) is 0 Å². The van der Waals surface area contributed by atoms with Gasteiger partial charge < -0.3 is 24.9 Å². The van der Waals surface area contributed by atoms with Gasteiger partial charge in [0.1, 0.15) is 10.6 Å². The standard InChI is InChI=1S/C16H14ClNO7S/c17-12-6-3-10(15(20)21)8-14(12)26(24,25)18-13(16(22)23)7-9-1-4-11(19)5-2-9/h1-6,8,13,18-19H,7H2,(H,20,21)(H,22,23)/p-2/t13-/m0/s1. The third kappa shape index (κ3) is 4.72. The number of halogens is 1. The second-order valence-electron chi connectivity index (χ2n) is 5.30. The third-order valence-corrected chi connectivity index (χ3v) is 5.37. The van der Waals surface area contributed by atoms with E-state index >= 15 is 0 Å². The van der Waals surface area contributed by atoms with E-state index in [1.165, 1.54) is 24.3 Å². The summed E-state index contributed by atoms with van der Waals surface area (Å²) in [5, 5.41) is 31.2. The van der Waals surface area contributed by atoms with Gasteiger partial charge in [0.05, 0.1) is 23.0 Å². The molecule has 8 nitrogen and oxygen atoms in total. The smallest absolute Gasteiger partial charge is 0.242 e. The zero-order chi connectivity index (χ0) is 19.5. The van der Waals surface area contributed by atoms with Crippen molar-refractivity contribution >= 4 is 33.6 Å². The molecule has 0 aliphatic heterocycles. The van der Waals surface area contributed by atoms with Gasteiger partial charge in [-0.05, 0) is 41.8 Å². The Morgan fingerprint density at radius 2 is 1.73 bits per heavy atom. The van der Waals surface area contributed by atoms with E-state index in [2.05, 4.69) is 0 Å². The number of carboxylic acids is 2. The fourth-order valence-electron chi connectivity index (χ4n) is 2.13. The Hall–Kier alpha value is -2.62. The van der Waals surface area contributed by atoms with Crippen LogP contribution < -0.4 is 14.9 Å². The topological polar surface area (TPSA) is 147 Å². The molecule has 0 unspecified atom stereocenters. The fourth-order valence-corrected chi connectivity index (χ4v) is 3.84. The van der Waals surface area contributed by atoms with Crippen LogP contribution in [0.5, 0.6) is 5.75 Å². The van der Waals surface area contributed by atoms with Crippen molar-refractivity contribution in [1.29, 1.82) is 0 Å². The average molecular weight is 398 g/mol. The number of nitrogens with one attached hydrogen (secondary N) is 1. The van der Waals surface area contributed by atoms with Gasteiger partial charge in [-0.3, -0.25) is 0 Å². The molecule has 0 fully saturated rings. The van der Waals surface area contributed by atoms with Gasteiger partial charge in [-0.2, -0.15) is 0 Å². The lowest BCUT2D eigenvalue weighted by molar-refractivity contribution is -0.308. The maximum absolute atomic E-state index is 12.4. The van der Waals surface area contributed by atoms with Gasteiger partial charge in [0, 0.05) is 0 Å². The van der Waals surface area contributed by atoms with E-state index in [0.29, 0.717) is 5.56 Å². The van der Waals surface area contributed by atoms with Crippen molar-refractivity contribution in [2.75, 3.05) is 0 Å². The van der Waals surface area contributed by atoms with Crippen LogP contribution in [-0.2, 0) is 21.2 Å². The molecule has 2 N–H and O–H groups in total. The number of phenolic OH excluding ortho intramolecular Hbond substituents is 1. The van der Waals surface area contributed by atoms with E-state index in [-0.39, 0.29) is 17.2 Å². The Bertz CT molecular complexity index is 942. The first-order valence-corrected chi connectivity index (χ1v) is 8.98. The van der Waals surface area contributed by atoms with Crippen LogP contribution in [0.15, 0.2) is 47.4 Å². The first-order valence-electron chi connectivity index (χ1n) is 7.12. The Balaban J connectivity index is 2.32. The largest absolute Gasteiger partial charge is 0.548 e. The number of carboxylic acid groups (broad SMARTS) is 2. The SMILES string of the molecule is O=C([O-])c1ccc(Cl)c(S(=O)(=O)N[C@@H](Cc2ccc(O)cc2)C(=O)[O-])c1. The summed E-state index contributed by atoms with van der Waals surface area (Å²) in [5.41, 5.74) is -0.00686. The number of sulfonamides is 1. The van der Waals surface area contributed by atoms with Gasteiger partial charge in [-0.15, -0.1) is 0 Å². The van der Waals surface area contributed by atoms with E-state index in [1.54, 1.807) is 0 Å². The van der Waals surface area contributed by atoms with Gasteiger partial charge in [-0.25, -0.2) is 13.1 Å². The van der Waals surface area contributed by atoms with Crippen molar-refractivity contribution in [3.05, 3.63) is 58.6 Å². The molecule has 138 valence electrons. The lowest BCUT2D eigenvalue weighted by Crippen LogP contribution is -2.49. The molecule has 0 radical (unpaired) electrons. The first-order chi connectivity index (χ1) is 12.1. The monoisotopic (exact) mass is 397 g/mol. The molecule has 0 saturated carbocycles. The number of carbonyl (C=O) groups excluding carboxylic acids is 2.